The number of hydrogen-bond donors (Lipinski definition) is 4. The van der Waals surface area contributed by atoms with Crippen LogP contribution in [0.1, 0.15) is 70.0 Å². The van der Waals surface area contributed by atoms with Crippen molar-refractivity contribution in [3.63, 3.8) is 0 Å². The Bertz CT molecular complexity index is 1660. The number of aromatic amines is 1. The number of aliphatic imine (C=N–C) groups is 1. The number of benzene rings is 2. The van der Waals surface area contributed by atoms with Crippen LogP contribution in [0.3, 0.4) is 0 Å². The van der Waals surface area contributed by atoms with Crippen LogP contribution in [-0.2, 0) is 6.42 Å². The Labute approximate surface area is 267 Å². The minimum Gasteiger partial charge on any atom is -0.388 e. The summed E-state index contributed by atoms with van der Waals surface area (Å²) in [6.45, 7) is 7.47. The molecule has 2 atom stereocenters. The molecule has 44 heavy (non-hydrogen) atoms. The standard InChI is InChI=1S/C33H43ClFN7OS/c1-5-8-28(39-14-7-13-38-21(3)37)25-12-11-24(18-30(25)44-4)42-19-23-17-29(40-32(23)41-33(42)43)26-15-22(10-6-9-20(2)36)16-27(34)31(26)35/h11-12,15-20,28,39H,5-10,13-14,36H2,1-4H3,(H2,37,38)(H,40,41,43). The number of nitrogens with zero attached hydrogens (tertiary/aromatic N) is 3. The van der Waals surface area contributed by atoms with E-state index in [1.165, 1.54) is 10.1 Å². The minimum absolute atomic E-state index is 0.0594. The quantitative estimate of drug-likeness (QED) is 0.0492. The Kier molecular flexibility index (Phi) is 12.0. The minimum atomic E-state index is -0.512. The van der Waals surface area contributed by atoms with Crippen LogP contribution in [0.5, 0.6) is 0 Å². The second-order valence-corrected chi connectivity index (χ2v) is 12.5. The van der Waals surface area contributed by atoms with Crippen molar-refractivity contribution >= 4 is 40.2 Å². The van der Waals surface area contributed by atoms with E-state index in [0.717, 1.165) is 55.5 Å². The zero-order valence-electron chi connectivity index (χ0n) is 25.9. The number of halogens is 2. The number of nitrogens with one attached hydrogen (secondary N) is 2. The Morgan fingerprint density at radius 3 is 2.73 bits per heavy atom. The van der Waals surface area contributed by atoms with Gasteiger partial charge in [-0.2, -0.15) is 4.98 Å². The van der Waals surface area contributed by atoms with Crippen LogP contribution in [0, 0.1) is 5.82 Å². The molecule has 236 valence electrons. The van der Waals surface area contributed by atoms with Crippen LogP contribution < -0.4 is 22.5 Å². The van der Waals surface area contributed by atoms with Crippen molar-refractivity contribution in [3.05, 3.63) is 75.0 Å². The third-order valence-corrected chi connectivity index (χ3v) is 8.61. The zero-order valence-corrected chi connectivity index (χ0v) is 27.5. The number of aromatic nitrogens is 3. The molecular weight excluding hydrogens is 597 g/mol. The Morgan fingerprint density at radius 1 is 1.23 bits per heavy atom. The van der Waals surface area contributed by atoms with Gasteiger partial charge in [0.15, 0.2) is 5.82 Å². The SMILES string of the molecule is CCCC(NCCCN=C(C)N)c1ccc(-n2cc3cc(-c4cc(CCCC(C)N)cc(Cl)c4F)[nH]c3nc2=O)cc1SC. The fraction of sp³-hybridized carbons (Fsp3) is 0.424. The summed E-state index contributed by atoms with van der Waals surface area (Å²) in [4.78, 5) is 26.0. The molecule has 0 aliphatic rings. The molecule has 0 saturated heterocycles. The van der Waals surface area contributed by atoms with Crippen molar-refractivity contribution in [2.24, 2.45) is 16.5 Å². The molecule has 0 radical (unpaired) electrons. The molecule has 0 aliphatic heterocycles. The van der Waals surface area contributed by atoms with E-state index in [1.54, 1.807) is 43.1 Å². The van der Waals surface area contributed by atoms with Crippen molar-refractivity contribution in [1.82, 2.24) is 19.9 Å². The summed E-state index contributed by atoms with van der Waals surface area (Å²) in [7, 11) is 0. The maximum atomic E-state index is 15.2. The largest absolute Gasteiger partial charge is 0.388 e. The van der Waals surface area contributed by atoms with Crippen molar-refractivity contribution in [1.29, 1.82) is 0 Å². The maximum absolute atomic E-state index is 15.2. The van der Waals surface area contributed by atoms with E-state index >= 15 is 4.39 Å². The van der Waals surface area contributed by atoms with Crippen molar-refractivity contribution in [2.45, 2.75) is 76.3 Å². The van der Waals surface area contributed by atoms with Crippen LogP contribution in [-0.4, -0.2) is 45.8 Å². The zero-order chi connectivity index (χ0) is 31.8. The van der Waals surface area contributed by atoms with Crippen LogP contribution >= 0.6 is 23.4 Å². The van der Waals surface area contributed by atoms with Crippen molar-refractivity contribution in [3.8, 4) is 16.9 Å². The topological polar surface area (TPSA) is 127 Å². The van der Waals surface area contributed by atoms with E-state index in [-0.39, 0.29) is 17.1 Å². The molecule has 8 nitrogen and oxygen atoms in total. The maximum Gasteiger partial charge on any atom is 0.354 e. The highest BCUT2D eigenvalue weighted by molar-refractivity contribution is 7.98. The van der Waals surface area contributed by atoms with Gasteiger partial charge in [-0.3, -0.25) is 9.56 Å². The first-order valence-corrected chi connectivity index (χ1v) is 16.8. The first-order chi connectivity index (χ1) is 21.1. The van der Waals surface area contributed by atoms with Gasteiger partial charge < -0.3 is 21.8 Å². The van der Waals surface area contributed by atoms with Gasteiger partial charge in [-0.05, 0) is 100 Å². The lowest BCUT2D eigenvalue weighted by Gasteiger charge is -2.22. The molecule has 2 unspecified atom stereocenters. The third kappa shape index (κ3) is 8.50. The average molecular weight is 640 g/mol. The Balaban J connectivity index is 1.62. The normalized spacial score (nSPS) is 13.5. The number of rotatable bonds is 15. The van der Waals surface area contributed by atoms with E-state index in [1.807, 2.05) is 25.3 Å². The van der Waals surface area contributed by atoms with Crippen molar-refractivity contribution in [2.75, 3.05) is 19.3 Å². The fourth-order valence-electron chi connectivity index (χ4n) is 5.34. The van der Waals surface area contributed by atoms with Crippen molar-refractivity contribution < 1.29 is 4.39 Å². The van der Waals surface area contributed by atoms with Crippen LogP contribution in [0.15, 0.2) is 57.3 Å². The lowest BCUT2D eigenvalue weighted by atomic mass is 10.0. The summed E-state index contributed by atoms with van der Waals surface area (Å²) in [6.07, 6.45) is 9.19. The lowest BCUT2D eigenvalue weighted by molar-refractivity contribution is 0.484. The molecule has 0 aliphatic carbocycles. The number of amidine groups is 1. The highest BCUT2D eigenvalue weighted by Gasteiger charge is 2.18. The molecule has 11 heteroatoms. The predicted octanol–water partition coefficient (Wildman–Crippen LogP) is 6.76. The lowest BCUT2D eigenvalue weighted by Crippen LogP contribution is -2.24. The summed E-state index contributed by atoms with van der Waals surface area (Å²) < 4.78 is 16.7. The summed E-state index contributed by atoms with van der Waals surface area (Å²) in [5.74, 6) is 0.0886. The van der Waals surface area contributed by atoms with E-state index in [0.29, 0.717) is 40.4 Å². The van der Waals surface area contributed by atoms with Gasteiger partial charge in [0.05, 0.1) is 22.2 Å². The molecule has 0 fully saturated rings. The van der Waals surface area contributed by atoms with Crippen LogP contribution in [0.2, 0.25) is 5.02 Å². The Hall–Kier alpha value is -3.18. The van der Waals surface area contributed by atoms with Gasteiger partial charge in [-0.15, -0.1) is 11.8 Å². The number of fused-ring (bicyclic) bond motifs is 1. The van der Waals surface area contributed by atoms with Gasteiger partial charge >= 0.3 is 5.69 Å². The van der Waals surface area contributed by atoms with E-state index in [4.69, 9.17) is 23.1 Å². The summed E-state index contributed by atoms with van der Waals surface area (Å²) in [6, 6.07) is 11.6. The average Bonchev–Trinajstić information content (AvgIpc) is 3.39. The number of aryl methyl sites for hydroxylation is 1. The fourth-order valence-corrected chi connectivity index (χ4v) is 6.27. The molecule has 2 aromatic heterocycles. The highest BCUT2D eigenvalue weighted by atomic mass is 35.5. The summed E-state index contributed by atoms with van der Waals surface area (Å²) >= 11 is 7.92. The Morgan fingerprint density at radius 2 is 2.02 bits per heavy atom. The number of nitrogens with two attached hydrogens (primary N) is 2. The first-order valence-electron chi connectivity index (χ1n) is 15.2. The molecular formula is C33H43ClFN7OS. The van der Waals surface area contributed by atoms with Gasteiger partial charge in [-0.1, -0.05) is 31.0 Å². The van der Waals surface area contributed by atoms with E-state index in [2.05, 4.69) is 33.3 Å². The van der Waals surface area contributed by atoms with Gasteiger partial charge in [0.1, 0.15) is 5.65 Å². The number of thioether (sulfide) groups is 1. The smallest absolute Gasteiger partial charge is 0.354 e. The molecule has 2 heterocycles. The molecule has 2 aromatic carbocycles. The molecule has 0 amide bonds. The molecule has 0 bridgehead atoms. The number of H-pyrrole nitrogens is 1. The molecule has 4 rings (SSSR count). The monoisotopic (exact) mass is 639 g/mol. The third-order valence-electron chi connectivity index (χ3n) is 7.55. The molecule has 6 N–H and O–H groups in total. The molecule has 4 aromatic rings. The summed E-state index contributed by atoms with van der Waals surface area (Å²) in [5.41, 5.74) is 15.2. The highest BCUT2D eigenvalue weighted by Crippen LogP contribution is 2.33. The van der Waals surface area contributed by atoms with Crippen LogP contribution in [0.25, 0.3) is 28.0 Å². The van der Waals surface area contributed by atoms with E-state index < -0.39 is 11.5 Å². The second-order valence-electron chi connectivity index (χ2n) is 11.3. The molecule has 0 spiro atoms. The predicted molar refractivity (Wildman–Crippen MR) is 183 cm³/mol. The van der Waals surface area contributed by atoms with Gasteiger partial charge in [-0.25, -0.2) is 9.18 Å². The summed E-state index contributed by atoms with van der Waals surface area (Å²) in [5, 5.41) is 4.42. The van der Waals surface area contributed by atoms with Gasteiger partial charge in [0.2, 0.25) is 0 Å². The van der Waals surface area contributed by atoms with Gasteiger partial charge in [0, 0.05) is 40.7 Å². The van der Waals surface area contributed by atoms with E-state index in [9.17, 15) is 4.79 Å². The second kappa shape index (κ2) is 15.7. The first kappa shape index (κ1) is 33.7. The molecule has 0 saturated carbocycles. The number of hydrogen-bond acceptors (Lipinski definition) is 6. The van der Waals surface area contributed by atoms with Gasteiger partial charge in [0.25, 0.3) is 0 Å². The van der Waals surface area contributed by atoms with Crippen LogP contribution in [0.4, 0.5) is 4.39 Å².